The molecular formula is C26H37ClN4O2S. The molecule has 1 aromatic carbocycles. The largest absolute Gasteiger partial charge is 0.339 e. The standard InChI is InChI=1S/C26H37ClN4O2S/c1-2-3-4-5-6-10-16-24(33)31(22-14-8-7-9-15-22)18-17-23(32)28-26-30-29-25(34-26)20-12-11-13-21(27)19-20/h11-13,19,22H,2-10,14-18H2,1H3,(H,28,30,32). The molecule has 6 nitrogen and oxygen atoms in total. The summed E-state index contributed by atoms with van der Waals surface area (Å²) >= 11 is 7.38. The Kier molecular flexibility index (Phi) is 11.3. The van der Waals surface area contributed by atoms with Crippen molar-refractivity contribution in [2.75, 3.05) is 11.9 Å². The zero-order valence-corrected chi connectivity index (χ0v) is 21.8. The van der Waals surface area contributed by atoms with Crippen LogP contribution in [0.4, 0.5) is 5.13 Å². The number of anilines is 1. The predicted molar refractivity (Wildman–Crippen MR) is 140 cm³/mol. The molecule has 0 aliphatic heterocycles. The first kappa shape index (κ1) is 26.6. The van der Waals surface area contributed by atoms with Gasteiger partial charge in [0.15, 0.2) is 0 Å². The van der Waals surface area contributed by atoms with Crippen molar-refractivity contribution < 1.29 is 9.59 Å². The van der Waals surface area contributed by atoms with E-state index in [-0.39, 0.29) is 24.3 Å². The molecule has 0 atom stereocenters. The number of carbonyl (C=O) groups is 2. The zero-order valence-electron chi connectivity index (χ0n) is 20.2. The van der Waals surface area contributed by atoms with Crippen LogP contribution in [0.25, 0.3) is 10.6 Å². The molecule has 0 radical (unpaired) electrons. The van der Waals surface area contributed by atoms with E-state index in [9.17, 15) is 9.59 Å². The molecule has 0 saturated heterocycles. The van der Waals surface area contributed by atoms with E-state index in [1.807, 2.05) is 23.1 Å². The van der Waals surface area contributed by atoms with Gasteiger partial charge >= 0.3 is 0 Å². The van der Waals surface area contributed by atoms with Gasteiger partial charge in [-0.3, -0.25) is 9.59 Å². The fraction of sp³-hybridized carbons (Fsp3) is 0.615. The predicted octanol–water partition coefficient (Wildman–Crippen LogP) is 7.10. The molecule has 1 aliphatic carbocycles. The average molecular weight is 505 g/mol. The Labute approximate surface area is 212 Å². The van der Waals surface area contributed by atoms with Crippen molar-refractivity contribution >= 4 is 39.9 Å². The number of rotatable bonds is 13. The smallest absolute Gasteiger partial charge is 0.227 e. The average Bonchev–Trinajstić information content (AvgIpc) is 3.30. The van der Waals surface area contributed by atoms with Gasteiger partial charge in [-0.2, -0.15) is 0 Å². The van der Waals surface area contributed by atoms with Gasteiger partial charge in [0.1, 0.15) is 5.01 Å². The molecule has 0 unspecified atom stereocenters. The Morgan fingerprint density at radius 3 is 2.59 bits per heavy atom. The minimum atomic E-state index is -0.137. The summed E-state index contributed by atoms with van der Waals surface area (Å²) in [4.78, 5) is 27.7. The molecule has 2 amide bonds. The maximum Gasteiger partial charge on any atom is 0.227 e. The molecule has 8 heteroatoms. The van der Waals surface area contributed by atoms with Crippen LogP contribution in [0.2, 0.25) is 5.02 Å². The van der Waals surface area contributed by atoms with Gasteiger partial charge in [0, 0.05) is 36.0 Å². The molecule has 1 aromatic heterocycles. The van der Waals surface area contributed by atoms with E-state index >= 15 is 0 Å². The minimum Gasteiger partial charge on any atom is -0.339 e. The fourth-order valence-electron chi connectivity index (χ4n) is 4.52. The van der Waals surface area contributed by atoms with Crippen molar-refractivity contribution in [2.24, 2.45) is 0 Å². The van der Waals surface area contributed by atoms with Gasteiger partial charge in [0.05, 0.1) is 0 Å². The Hall–Kier alpha value is -1.99. The number of amides is 2. The van der Waals surface area contributed by atoms with Gasteiger partial charge in [0.25, 0.3) is 0 Å². The van der Waals surface area contributed by atoms with Gasteiger partial charge in [-0.15, -0.1) is 10.2 Å². The van der Waals surface area contributed by atoms with Crippen LogP contribution in [-0.2, 0) is 9.59 Å². The molecule has 34 heavy (non-hydrogen) atoms. The molecule has 1 N–H and O–H groups in total. The van der Waals surface area contributed by atoms with E-state index in [2.05, 4.69) is 22.4 Å². The van der Waals surface area contributed by atoms with Crippen LogP contribution in [0.5, 0.6) is 0 Å². The highest BCUT2D eigenvalue weighted by atomic mass is 35.5. The second-order valence-electron chi connectivity index (χ2n) is 9.12. The van der Waals surface area contributed by atoms with E-state index in [4.69, 9.17) is 11.6 Å². The number of halogens is 1. The fourth-order valence-corrected chi connectivity index (χ4v) is 5.47. The number of hydrogen-bond donors (Lipinski definition) is 1. The number of carbonyl (C=O) groups excluding carboxylic acids is 2. The summed E-state index contributed by atoms with van der Waals surface area (Å²) < 4.78 is 0. The topological polar surface area (TPSA) is 75.2 Å². The van der Waals surface area contributed by atoms with Crippen molar-refractivity contribution in [1.82, 2.24) is 15.1 Å². The van der Waals surface area contributed by atoms with Crippen molar-refractivity contribution in [3.8, 4) is 10.6 Å². The summed E-state index contributed by atoms with van der Waals surface area (Å²) in [6.07, 6.45) is 13.5. The molecule has 2 aromatic rings. The van der Waals surface area contributed by atoms with E-state index in [1.54, 1.807) is 6.07 Å². The second kappa shape index (κ2) is 14.4. The van der Waals surface area contributed by atoms with Crippen molar-refractivity contribution in [1.29, 1.82) is 0 Å². The summed E-state index contributed by atoms with van der Waals surface area (Å²) in [5.74, 6) is 0.0660. The lowest BCUT2D eigenvalue weighted by Crippen LogP contribution is -2.43. The number of aromatic nitrogens is 2. The van der Waals surface area contributed by atoms with Gasteiger partial charge in [-0.05, 0) is 31.4 Å². The lowest BCUT2D eigenvalue weighted by Gasteiger charge is -2.34. The van der Waals surface area contributed by atoms with E-state index in [0.717, 1.165) is 44.1 Å². The van der Waals surface area contributed by atoms with Crippen molar-refractivity contribution in [3.63, 3.8) is 0 Å². The van der Waals surface area contributed by atoms with Crippen molar-refractivity contribution in [3.05, 3.63) is 29.3 Å². The summed E-state index contributed by atoms with van der Waals surface area (Å²) in [6.45, 7) is 2.68. The second-order valence-corrected chi connectivity index (χ2v) is 10.5. The Morgan fingerprint density at radius 2 is 1.82 bits per heavy atom. The molecule has 1 saturated carbocycles. The van der Waals surface area contributed by atoms with Crippen LogP contribution in [0.1, 0.15) is 90.4 Å². The van der Waals surface area contributed by atoms with Gasteiger partial charge in [0.2, 0.25) is 16.9 Å². The highest BCUT2D eigenvalue weighted by molar-refractivity contribution is 7.18. The Balaban J connectivity index is 1.50. The number of nitrogens with one attached hydrogen (secondary N) is 1. The molecular weight excluding hydrogens is 468 g/mol. The zero-order chi connectivity index (χ0) is 24.2. The van der Waals surface area contributed by atoms with Crippen LogP contribution >= 0.6 is 22.9 Å². The molecule has 1 fully saturated rings. The van der Waals surface area contributed by atoms with Crippen LogP contribution in [0.3, 0.4) is 0 Å². The first-order chi connectivity index (χ1) is 16.6. The quantitative estimate of drug-likeness (QED) is 0.295. The summed E-state index contributed by atoms with van der Waals surface area (Å²) in [7, 11) is 0. The van der Waals surface area contributed by atoms with E-state index in [0.29, 0.717) is 28.1 Å². The van der Waals surface area contributed by atoms with Crippen LogP contribution in [0, 0.1) is 0 Å². The molecule has 0 spiro atoms. The van der Waals surface area contributed by atoms with E-state index < -0.39 is 0 Å². The Morgan fingerprint density at radius 1 is 1.06 bits per heavy atom. The van der Waals surface area contributed by atoms with Gasteiger partial charge in [-0.1, -0.05) is 93.4 Å². The third-order valence-electron chi connectivity index (χ3n) is 6.40. The Bertz CT molecular complexity index is 914. The molecule has 186 valence electrons. The number of nitrogens with zero attached hydrogens (tertiary/aromatic N) is 3. The summed E-state index contributed by atoms with van der Waals surface area (Å²) in [5.41, 5.74) is 0.870. The van der Waals surface area contributed by atoms with Crippen molar-refractivity contribution in [2.45, 2.75) is 96.4 Å². The lowest BCUT2D eigenvalue weighted by molar-refractivity contribution is -0.134. The maximum absolute atomic E-state index is 13.1. The van der Waals surface area contributed by atoms with Crippen LogP contribution in [-0.4, -0.2) is 39.5 Å². The summed E-state index contributed by atoms with van der Waals surface area (Å²) in [5, 5.41) is 12.9. The monoisotopic (exact) mass is 504 g/mol. The molecule has 0 bridgehead atoms. The SMILES string of the molecule is CCCCCCCCC(=O)N(CCC(=O)Nc1nnc(-c2cccc(Cl)c2)s1)C1CCCCC1. The highest BCUT2D eigenvalue weighted by Gasteiger charge is 2.25. The molecule has 1 heterocycles. The summed E-state index contributed by atoms with van der Waals surface area (Å²) in [6, 6.07) is 7.67. The maximum atomic E-state index is 13.1. The van der Waals surface area contributed by atoms with E-state index in [1.165, 1.54) is 43.4 Å². The first-order valence-electron chi connectivity index (χ1n) is 12.8. The minimum absolute atomic E-state index is 0.137. The van der Waals surface area contributed by atoms with Crippen LogP contribution < -0.4 is 5.32 Å². The first-order valence-corrected chi connectivity index (χ1v) is 13.9. The van der Waals surface area contributed by atoms with Gasteiger partial charge < -0.3 is 10.2 Å². The van der Waals surface area contributed by atoms with Crippen LogP contribution in [0.15, 0.2) is 24.3 Å². The van der Waals surface area contributed by atoms with Gasteiger partial charge in [-0.25, -0.2) is 0 Å². The molecule has 1 aliphatic rings. The number of benzene rings is 1. The third-order valence-corrected chi connectivity index (χ3v) is 7.53. The lowest BCUT2D eigenvalue weighted by atomic mass is 9.93. The highest BCUT2D eigenvalue weighted by Crippen LogP contribution is 2.28. The number of unbranched alkanes of at least 4 members (excludes halogenated alkanes) is 5. The molecule has 3 rings (SSSR count). The number of hydrogen-bond acceptors (Lipinski definition) is 5. The third kappa shape index (κ3) is 8.66. The normalized spacial score (nSPS) is 14.2.